The van der Waals surface area contributed by atoms with E-state index in [1.807, 2.05) is 48.3 Å². The molecule has 1 aromatic carbocycles. The Kier molecular flexibility index (Phi) is 4.87. The molecule has 0 radical (unpaired) electrons. The van der Waals surface area contributed by atoms with Gasteiger partial charge in [0.05, 0.1) is 42.6 Å². The van der Waals surface area contributed by atoms with Crippen LogP contribution < -0.4 is 9.88 Å². The van der Waals surface area contributed by atoms with Crippen LogP contribution in [0.5, 0.6) is 0 Å². The van der Waals surface area contributed by atoms with Crippen molar-refractivity contribution in [1.82, 2.24) is 14.8 Å². The van der Waals surface area contributed by atoms with Crippen molar-refractivity contribution in [3.05, 3.63) is 71.7 Å². The summed E-state index contributed by atoms with van der Waals surface area (Å²) in [6, 6.07) is 16.4. The zero-order valence-corrected chi connectivity index (χ0v) is 15.8. The SMILES string of the molecule is Cc1nn(-c2ccccc2)c(C)c1/C=N\N1CCN(c2cccc[nH+]2)CC1. The van der Waals surface area contributed by atoms with E-state index in [0.717, 1.165) is 54.6 Å². The minimum Gasteiger partial charge on any atom is -0.289 e. The molecule has 0 amide bonds. The van der Waals surface area contributed by atoms with Crippen molar-refractivity contribution < 1.29 is 4.98 Å². The molecule has 3 aromatic rings. The Bertz CT molecular complexity index is 909. The minimum atomic E-state index is 0.907. The first-order valence-electron chi connectivity index (χ1n) is 9.34. The van der Waals surface area contributed by atoms with Crippen molar-refractivity contribution in [3.8, 4) is 5.69 Å². The molecule has 0 bridgehead atoms. The summed E-state index contributed by atoms with van der Waals surface area (Å²) in [7, 11) is 0. The third-order valence-electron chi connectivity index (χ3n) is 4.99. The van der Waals surface area contributed by atoms with Gasteiger partial charge in [-0.05, 0) is 32.0 Å². The summed E-state index contributed by atoms with van der Waals surface area (Å²) in [6.07, 6.45) is 3.93. The van der Waals surface area contributed by atoms with E-state index in [9.17, 15) is 0 Å². The van der Waals surface area contributed by atoms with Crippen LogP contribution in [-0.4, -0.2) is 47.2 Å². The van der Waals surface area contributed by atoms with E-state index >= 15 is 0 Å². The number of hydrogen-bond donors (Lipinski definition) is 0. The highest BCUT2D eigenvalue weighted by molar-refractivity contribution is 5.82. The van der Waals surface area contributed by atoms with E-state index in [1.54, 1.807) is 0 Å². The van der Waals surface area contributed by atoms with Crippen LogP contribution in [0.3, 0.4) is 0 Å². The highest BCUT2D eigenvalue weighted by atomic mass is 15.5. The van der Waals surface area contributed by atoms with Crippen molar-refractivity contribution in [3.63, 3.8) is 0 Å². The maximum atomic E-state index is 4.73. The van der Waals surface area contributed by atoms with Gasteiger partial charge >= 0.3 is 0 Å². The Morgan fingerprint density at radius 3 is 2.41 bits per heavy atom. The van der Waals surface area contributed by atoms with Gasteiger partial charge in [0.2, 0.25) is 0 Å². The Morgan fingerprint density at radius 2 is 1.70 bits per heavy atom. The number of anilines is 1. The lowest BCUT2D eigenvalue weighted by Gasteiger charge is -2.28. The summed E-state index contributed by atoms with van der Waals surface area (Å²) in [5, 5.41) is 11.6. The van der Waals surface area contributed by atoms with E-state index in [1.165, 1.54) is 0 Å². The molecule has 0 aliphatic carbocycles. The molecular formula is C21H25N6+. The molecule has 0 atom stereocenters. The Morgan fingerprint density at radius 1 is 0.963 bits per heavy atom. The number of para-hydroxylation sites is 1. The molecule has 6 nitrogen and oxygen atoms in total. The molecule has 2 aromatic heterocycles. The second-order valence-electron chi connectivity index (χ2n) is 6.76. The summed E-state index contributed by atoms with van der Waals surface area (Å²) in [6.45, 7) is 7.86. The number of aromatic nitrogens is 3. The number of aryl methyl sites for hydroxylation is 1. The van der Waals surface area contributed by atoms with E-state index in [0.29, 0.717) is 0 Å². The molecule has 1 saturated heterocycles. The lowest BCUT2D eigenvalue weighted by Crippen LogP contribution is -2.45. The lowest BCUT2D eigenvalue weighted by atomic mass is 10.2. The van der Waals surface area contributed by atoms with Crippen molar-refractivity contribution in [2.75, 3.05) is 31.1 Å². The number of pyridine rings is 1. The first-order valence-corrected chi connectivity index (χ1v) is 9.34. The average Bonchev–Trinajstić information content (AvgIpc) is 3.02. The molecule has 0 spiro atoms. The minimum absolute atomic E-state index is 0.907. The number of rotatable bonds is 4. The molecule has 0 saturated carbocycles. The second-order valence-corrected chi connectivity index (χ2v) is 6.76. The van der Waals surface area contributed by atoms with Crippen molar-refractivity contribution >= 4 is 12.0 Å². The number of hydrazone groups is 1. The monoisotopic (exact) mass is 361 g/mol. The van der Waals surface area contributed by atoms with Crippen LogP contribution >= 0.6 is 0 Å². The number of piperazine rings is 1. The highest BCUT2D eigenvalue weighted by Crippen LogP contribution is 2.17. The molecule has 4 rings (SSSR count). The molecule has 27 heavy (non-hydrogen) atoms. The first kappa shape index (κ1) is 17.3. The summed E-state index contributed by atoms with van der Waals surface area (Å²) in [5.41, 5.74) is 4.28. The van der Waals surface area contributed by atoms with Crippen LogP contribution in [-0.2, 0) is 0 Å². The van der Waals surface area contributed by atoms with Gasteiger partial charge in [-0.15, -0.1) is 0 Å². The van der Waals surface area contributed by atoms with Crippen LogP contribution in [0.2, 0.25) is 0 Å². The first-order chi connectivity index (χ1) is 13.2. The molecular weight excluding hydrogens is 336 g/mol. The van der Waals surface area contributed by atoms with Crippen LogP contribution in [0.1, 0.15) is 17.0 Å². The van der Waals surface area contributed by atoms with Crippen molar-refractivity contribution in [2.45, 2.75) is 13.8 Å². The van der Waals surface area contributed by atoms with E-state index < -0.39 is 0 Å². The maximum Gasteiger partial charge on any atom is 0.274 e. The standard InChI is InChI=1S/C21H24N6/c1-17-20(18(2)27(24-17)19-8-4-3-5-9-19)16-23-26-14-12-25(13-15-26)21-10-6-7-11-22-21/h3-11,16H,12-15H2,1-2H3/p+1/b23-16-. The van der Waals surface area contributed by atoms with Gasteiger partial charge in [0.15, 0.2) is 0 Å². The van der Waals surface area contributed by atoms with E-state index in [-0.39, 0.29) is 0 Å². The topological polar surface area (TPSA) is 50.8 Å². The van der Waals surface area contributed by atoms with Gasteiger partial charge in [-0.3, -0.25) is 9.91 Å². The molecule has 138 valence electrons. The molecule has 1 N–H and O–H groups in total. The maximum absolute atomic E-state index is 4.73. The fourth-order valence-electron chi connectivity index (χ4n) is 3.43. The van der Waals surface area contributed by atoms with Gasteiger partial charge < -0.3 is 0 Å². The number of aromatic amines is 1. The number of nitrogens with one attached hydrogen (secondary N) is 1. The molecule has 6 heteroatoms. The average molecular weight is 361 g/mol. The summed E-state index contributed by atoms with van der Waals surface area (Å²) < 4.78 is 1.99. The summed E-state index contributed by atoms with van der Waals surface area (Å²) in [5.74, 6) is 1.16. The van der Waals surface area contributed by atoms with Crippen LogP contribution in [0.25, 0.3) is 5.69 Å². The quantitative estimate of drug-likeness (QED) is 0.671. The number of benzene rings is 1. The number of nitrogens with zero attached hydrogens (tertiary/aromatic N) is 5. The predicted molar refractivity (Wildman–Crippen MR) is 107 cm³/mol. The van der Waals surface area contributed by atoms with Gasteiger partial charge in [0.1, 0.15) is 13.1 Å². The predicted octanol–water partition coefficient (Wildman–Crippen LogP) is 2.46. The van der Waals surface area contributed by atoms with Crippen molar-refractivity contribution in [1.29, 1.82) is 0 Å². The smallest absolute Gasteiger partial charge is 0.274 e. The van der Waals surface area contributed by atoms with E-state index in [2.05, 4.69) is 46.1 Å². The lowest BCUT2D eigenvalue weighted by molar-refractivity contribution is -0.364. The van der Waals surface area contributed by atoms with E-state index in [4.69, 9.17) is 10.2 Å². The second kappa shape index (κ2) is 7.61. The zero-order valence-electron chi connectivity index (χ0n) is 15.8. The third-order valence-corrected chi connectivity index (χ3v) is 4.99. The van der Waals surface area contributed by atoms with Gasteiger partial charge in [-0.1, -0.05) is 24.3 Å². The van der Waals surface area contributed by atoms with Crippen LogP contribution in [0, 0.1) is 13.8 Å². The molecule has 1 fully saturated rings. The largest absolute Gasteiger partial charge is 0.289 e. The molecule has 3 heterocycles. The third kappa shape index (κ3) is 3.69. The molecule has 1 aliphatic rings. The molecule has 1 aliphatic heterocycles. The fraction of sp³-hybridized carbons (Fsp3) is 0.286. The summed E-state index contributed by atoms with van der Waals surface area (Å²) in [4.78, 5) is 5.66. The van der Waals surface area contributed by atoms with Gasteiger partial charge in [-0.25, -0.2) is 9.67 Å². The number of H-pyrrole nitrogens is 1. The van der Waals surface area contributed by atoms with Crippen LogP contribution in [0.4, 0.5) is 5.82 Å². The Labute approximate surface area is 159 Å². The van der Waals surface area contributed by atoms with Gasteiger partial charge in [0, 0.05) is 11.6 Å². The zero-order chi connectivity index (χ0) is 18.6. The van der Waals surface area contributed by atoms with Gasteiger partial charge in [0.25, 0.3) is 5.82 Å². The fourth-order valence-corrected chi connectivity index (χ4v) is 3.43. The summed E-state index contributed by atoms with van der Waals surface area (Å²) >= 11 is 0. The Hall–Kier alpha value is -3.15. The normalized spacial score (nSPS) is 14.9. The van der Waals surface area contributed by atoms with Crippen molar-refractivity contribution in [2.24, 2.45) is 5.10 Å². The highest BCUT2D eigenvalue weighted by Gasteiger charge is 2.22. The van der Waals surface area contributed by atoms with Crippen LogP contribution in [0.15, 0.2) is 59.8 Å². The number of hydrogen-bond acceptors (Lipinski definition) is 4. The Balaban J connectivity index is 1.44. The van der Waals surface area contributed by atoms with Gasteiger partial charge in [-0.2, -0.15) is 10.2 Å². The molecule has 0 unspecified atom stereocenters.